The van der Waals surface area contributed by atoms with Crippen molar-refractivity contribution in [2.45, 2.75) is 43.7 Å². The average molecular weight is 431 g/mol. The van der Waals surface area contributed by atoms with Crippen molar-refractivity contribution in [3.8, 4) is 0 Å². The molecule has 1 aliphatic rings. The first kappa shape index (κ1) is 22.3. The van der Waals surface area contributed by atoms with Crippen LogP contribution in [0.15, 0.2) is 53.4 Å². The number of carbonyl (C=O) groups is 1. The van der Waals surface area contributed by atoms with Crippen molar-refractivity contribution >= 4 is 27.3 Å². The summed E-state index contributed by atoms with van der Waals surface area (Å²) in [6.45, 7) is 4.61. The predicted octanol–water partition coefficient (Wildman–Crippen LogP) is 2.78. The Kier molecular flexibility index (Phi) is 7.12. The second-order valence-electron chi connectivity index (χ2n) is 7.83. The van der Waals surface area contributed by atoms with Gasteiger partial charge in [-0.15, -0.1) is 0 Å². The number of carbonyl (C=O) groups excluding carboxylic acids is 1. The number of para-hydroxylation sites is 1. The molecule has 3 rings (SSSR count). The molecule has 1 saturated heterocycles. The number of hydrogen-bond donors (Lipinski definition) is 2. The third-order valence-electron chi connectivity index (χ3n) is 5.58. The number of sulfonamides is 1. The van der Waals surface area contributed by atoms with Crippen molar-refractivity contribution in [3.63, 3.8) is 0 Å². The van der Waals surface area contributed by atoms with E-state index in [4.69, 9.17) is 5.14 Å². The summed E-state index contributed by atoms with van der Waals surface area (Å²) in [6, 6.07) is 13.9. The van der Waals surface area contributed by atoms with Gasteiger partial charge in [-0.1, -0.05) is 24.3 Å². The molecule has 1 fully saturated rings. The van der Waals surface area contributed by atoms with E-state index in [1.807, 2.05) is 24.9 Å². The van der Waals surface area contributed by atoms with Crippen LogP contribution in [0, 0.1) is 0 Å². The van der Waals surface area contributed by atoms with Crippen LogP contribution in [0.1, 0.15) is 31.7 Å². The van der Waals surface area contributed by atoms with Gasteiger partial charge in [0.25, 0.3) is 0 Å². The number of piperidine rings is 1. The maximum absolute atomic E-state index is 12.7. The SMILES string of the molecule is C[C@@H](C(=O)Nc1cccc(S(N)(=O)=O)c1)N(C)Cc1ccccc1N1CCCCC1. The van der Waals surface area contributed by atoms with Gasteiger partial charge < -0.3 is 10.2 Å². The molecule has 0 spiro atoms. The van der Waals surface area contributed by atoms with Crippen LogP contribution < -0.4 is 15.4 Å². The van der Waals surface area contributed by atoms with Crippen LogP contribution in [0.3, 0.4) is 0 Å². The summed E-state index contributed by atoms with van der Waals surface area (Å²) in [5.74, 6) is -0.209. The molecule has 1 amide bonds. The molecule has 162 valence electrons. The van der Waals surface area contributed by atoms with Crippen molar-refractivity contribution in [1.29, 1.82) is 0 Å². The summed E-state index contributed by atoms with van der Waals surface area (Å²) in [7, 11) is -1.91. The first-order valence-electron chi connectivity index (χ1n) is 10.2. The summed E-state index contributed by atoms with van der Waals surface area (Å²) in [5.41, 5.74) is 2.83. The molecule has 7 nitrogen and oxygen atoms in total. The van der Waals surface area contributed by atoms with E-state index in [1.165, 1.54) is 42.6 Å². The lowest BCUT2D eigenvalue weighted by Gasteiger charge is -2.32. The molecule has 1 aliphatic heterocycles. The summed E-state index contributed by atoms with van der Waals surface area (Å²) in [6.07, 6.45) is 3.70. The highest BCUT2D eigenvalue weighted by atomic mass is 32.2. The van der Waals surface area contributed by atoms with Gasteiger partial charge in [-0.25, -0.2) is 13.6 Å². The third kappa shape index (κ3) is 5.59. The number of hydrogen-bond acceptors (Lipinski definition) is 5. The van der Waals surface area contributed by atoms with Crippen LogP contribution in [-0.2, 0) is 21.4 Å². The predicted molar refractivity (Wildman–Crippen MR) is 120 cm³/mol. The highest BCUT2D eigenvalue weighted by molar-refractivity contribution is 7.89. The minimum Gasteiger partial charge on any atom is -0.371 e. The van der Waals surface area contributed by atoms with Gasteiger partial charge in [0, 0.05) is 31.0 Å². The normalized spacial score (nSPS) is 15.8. The van der Waals surface area contributed by atoms with E-state index in [2.05, 4.69) is 28.4 Å². The molecule has 30 heavy (non-hydrogen) atoms. The second-order valence-corrected chi connectivity index (χ2v) is 9.39. The zero-order valence-corrected chi connectivity index (χ0v) is 18.4. The fraction of sp³-hybridized carbons (Fsp3) is 0.409. The van der Waals surface area contributed by atoms with Gasteiger partial charge in [-0.2, -0.15) is 0 Å². The third-order valence-corrected chi connectivity index (χ3v) is 6.49. The average Bonchev–Trinajstić information content (AvgIpc) is 2.73. The fourth-order valence-electron chi connectivity index (χ4n) is 3.69. The van der Waals surface area contributed by atoms with E-state index in [0.717, 1.165) is 13.1 Å². The summed E-state index contributed by atoms with van der Waals surface area (Å²) < 4.78 is 23.1. The highest BCUT2D eigenvalue weighted by Gasteiger charge is 2.21. The highest BCUT2D eigenvalue weighted by Crippen LogP contribution is 2.25. The van der Waals surface area contributed by atoms with Gasteiger partial charge in [-0.3, -0.25) is 9.69 Å². The number of nitrogens with zero attached hydrogens (tertiary/aromatic N) is 2. The zero-order chi connectivity index (χ0) is 21.7. The van der Waals surface area contributed by atoms with E-state index < -0.39 is 16.1 Å². The Hall–Kier alpha value is -2.42. The monoisotopic (exact) mass is 430 g/mol. The van der Waals surface area contributed by atoms with E-state index in [9.17, 15) is 13.2 Å². The van der Waals surface area contributed by atoms with E-state index in [0.29, 0.717) is 12.2 Å². The molecule has 0 radical (unpaired) electrons. The van der Waals surface area contributed by atoms with E-state index in [1.54, 1.807) is 12.1 Å². The van der Waals surface area contributed by atoms with Gasteiger partial charge >= 0.3 is 0 Å². The van der Waals surface area contributed by atoms with Crippen LogP contribution in [0.4, 0.5) is 11.4 Å². The number of primary sulfonamides is 1. The number of benzene rings is 2. The Labute approximate surface area is 178 Å². The molecule has 0 aromatic heterocycles. The maximum Gasteiger partial charge on any atom is 0.241 e. The van der Waals surface area contributed by atoms with Gasteiger partial charge in [0.05, 0.1) is 10.9 Å². The quantitative estimate of drug-likeness (QED) is 0.704. The standard InChI is InChI=1S/C22H30N4O3S/c1-17(22(27)24-19-10-8-11-20(15-19)30(23,28)29)25(2)16-18-9-4-5-12-21(18)26-13-6-3-7-14-26/h4-5,8-12,15,17H,3,6-7,13-14,16H2,1-2H3,(H,24,27)(H2,23,28,29)/t17-/m0/s1. The number of rotatable bonds is 7. The van der Waals surface area contributed by atoms with Crippen molar-refractivity contribution in [1.82, 2.24) is 4.90 Å². The number of amides is 1. The summed E-state index contributed by atoms with van der Waals surface area (Å²) in [5, 5.41) is 7.96. The molecule has 1 heterocycles. The number of nitrogens with two attached hydrogens (primary N) is 1. The van der Waals surface area contributed by atoms with Gasteiger partial charge in [-0.05, 0) is 63.1 Å². The molecule has 8 heteroatoms. The zero-order valence-electron chi connectivity index (χ0n) is 17.5. The summed E-state index contributed by atoms with van der Waals surface area (Å²) in [4.78, 5) is 17.1. The number of likely N-dealkylation sites (N-methyl/N-ethyl adjacent to an activating group) is 1. The molecule has 0 bridgehead atoms. The lowest BCUT2D eigenvalue weighted by molar-refractivity contribution is -0.120. The van der Waals surface area contributed by atoms with Crippen molar-refractivity contribution in [3.05, 3.63) is 54.1 Å². The first-order chi connectivity index (χ1) is 14.3. The van der Waals surface area contributed by atoms with Crippen LogP contribution in [0.25, 0.3) is 0 Å². The van der Waals surface area contributed by atoms with E-state index >= 15 is 0 Å². The molecule has 1 atom stereocenters. The number of nitrogens with one attached hydrogen (secondary N) is 1. The molecule has 0 unspecified atom stereocenters. The molecule has 2 aromatic rings. The molecule has 2 aromatic carbocycles. The van der Waals surface area contributed by atoms with Crippen molar-refractivity contribution in [2.24, 2.45) is 5.14 Å². The smallest absolute Gasteiger partial charge is 0.241 e. The van der Waals surface area contributed by atoms with Crippen molar-refractivity contribution in [2.75, 3.05) is 30.4 Å². The lowest BCUT2D eigenvalue weighted by Crippen LogP contribution is -2.39. The topological polar surface area (TPSA) is 95.7 Å². The number of anilines is 2. The van der Waals surface area contributed by atoms with Gasteiger partial charge in [0.1, 0.15) is 0 Å². The Morgan fingerprint density at radius 2 is 1.83 bits per heavy atom. The van der Waals surface area contributed by atoms with Crippen LogP contribution in [0.5, 0.6) is 0 Å². The molecule has 3 N–H and O–H groups in total. The molecular formula is C22H30N4O3S. The van der Waals surface area contributed by atoms with Gasteiger partial charge in [0.2, 0.25) is 15.9 Å². The summed E-state index contributed by atoms with van der Waals surface area (Å²) >= 11 is 0. The van der Waals surface area contributed by atoms with Crippen LogP contribution >= 0.6 is 0 Å². The Bertz CT molecular complexity index is 987. The Morgan fingerprint density at radius 1 is 1.13 bits per heavy atom. The lowest BCUT2D eigenvalue weighted by atomic mass is 10.1. The molecular weight excluding hydrogens is 400 g/mol. The van der Waals surface area contributed by atoms with Crippen molar-refractivity contribution < 1.29 is 13.2 Å². The molecule has 0 aliphatic carbocycles. The Balaban J connectivity index is 1.68. The van der Waals surface area contributed by atoms with E-state index in [-0.39, 0.29) is 10.8 Å². The first-order valence-corrected chi connectivity index (χ1v) is 11.8. The minimum atomic E-state index is -3.82. The van der Waals surface area contributed by atoms with Crippen LogP contribution in [0.2, 0.25) is 0 Å². The molecule has 0 saturated carbocycles. The fourth-order valence-corrected chi connectivity index (χ4v) is 4.25. The Morgan fingerprint density at radius 3 is 2.53 bits per heavy atom. The van der Waals surface area contributed by atoms with Gasteiger partial charge in [0.15, 0.2) is 0 Å². The maximum atomic E-state index is 12.7. The largest absolute Gasteiger partial charge is 0.371 e. The second kappa shape index (κ2) is 9.59. The minimum absolute atomic E-state index is 0.0308. The van der Waals surface area contributed by atoms with Crippen LogP contribution in [-0.4, -0.2) is 45.4 Å².